The summed E-state index contributed by atoms with van der Waals surface area (Å²) in [4.78, 5) is 12.2. The maximum Gasteiger partial charge on any atom is 0.190 e. The minimum atomic E-state index is -0.537. The van der Waals surface area contributed by atoms with Crippen LogP contribution in [0.3, 0.4) is 0 Å². The summed E-state index contributed by atoms with van der Waals surface area (Å²) in [7, 11) is 0. The van der Waals surface area contributed by atoms with Crippen molar-refractivity contribution in [1.29, 1.82) is 0 Å². The van der Waals surface area contributed by atoms with Crippen molar-refractivity contribution in [2.45, 2.75) is 58.2 Å². The molecule has 0 aromatic carbocycles. The van der Waals surface area contributed by atoms with Crippen LogP contribution in [0.25, 0.3) is 0 Å². The summed E-state index contributed by atoms with van der Waals surface area (Å²) in [5.74, 6) is 0.150. The number of ketones is 1. The minimum Gasteiger partial charge on any atom is -0.354 e. The Labute approximate surface area is 91.7 Å². The molecule has 0 radical (unpaired) electrons. The highest BCUT2D eigenvalue weighted by atomic mass is 16.6. The first-order valence-corrected chi connectivity index (χ1v) is 5.77. The molecule has 2 fully saturated rings. The van der Waals surface area contributed by atoms with Crippen molar-refractivity contribution in [2.24, 2.45) is 5.41 Å². The van der Waals surface area contributed by atoms with E-state index in [0.717, 1.165) is 19.3 Å². The van der Waals surface area contributed by atoms with E-state index in [0.29, 0.717) is 0 Å². The van der Waals surface area contributed by atoms with Gasteiger partial charge in [-0.2, -0.15) is 0 Å². The van der Waals surface area contributed by atoms with Crippen LogP contribution in [0.15, 0.2) is 12.2 Å². The van der Waals surface area contributed by atoms with Gasteiger partial charge in [0.15, 0.2) is 11.4 Å². The van der Waals surface area contributed by atoms with Crippen LogP contribution in [-0.4, -0.2) is 17.0 Å². The molecule has 2 unspecified atom stereocenters. The molecule has 1 aliphatic carbocycles. The molecule has 1 aliphatic heterocycles. The maximum absolute atomic E-state index is 12.2. The molecular formula is C13H20O2. The number of ether oxygens (including phenoxy) is 1. The minimum absolute atomic E-state index is 0.0312. The van der Waals surface area contributed by atoms with Gasteiger partial charge >= 0.3 is 0 Å². The zero-order valence-electron chi connectivity index (χ0n) is 10.1. The topological polar surface area (TPSA) is 29.6 Å². The van der Waals surface area contributed by atoms with Crippen LogP contribution in [0, 0.1) is 5.41 Å². The van der Waals surface area contributed by atoms with Gasteiger partial charge in [-0.1, -0.05) is 19.9 Å². The van der Waals surface area contributed by atoms with Gasteiger partial charge < -0.3 is 4.74 Å². The SMILES string of the molecule is C/C=C\C(=O)C12OC1(C)CCCC2(C)C. The van der Waals surface area contributed by atoms with Crippen molar-refractivity contribution in [1.82, 2.24) is 0 Å². The lowest BCUT2D eigenvalue weighted by Gasteiger charge is -2.36. The lowest BCUT2D eigenvalue weighted by molar-refractivity contribution is -0.124. The van der Waals surface area contributed by atoms with E-state index < -0.39 is 5.60 Å². The fourth-order valence-corrected chi connectivity index (χ4v) is 3.35. The van der Waals surface area contributed by atoms with Gasteiger partial charge in [0.1, 0.15) is 5.60 Å². The van der Waals surface area contributed by atoms with Crippen LogP contribution >= 0.6 is 0 Å². The van der Waals surface area contributed by atoms with E-state index in [2.05, 4.69) is 20.8 Å². The molecule has 2 nitrogen and oxygen atoms in total. The molecular weight excluding hydrogens is 188 g/mol. The van der Waals surface area contributed by atoms with Crippen molar-refractivity contribution >= 4 is 5.78 Å². The summed E-state index contributed by atoms with van der Waals surface area (Å²) in [6, 6.07) is 0. The second-order valence-electron chi connectivity index (χ2n) is 5.62. The lowest BCUT2D eigenvalue weighted by Crippen LogP contribution is -2.47. The quantitative estimate of drug-likeness (QED) is 0.516. The predicted molar refractivity (Wildman–Crippen MR) is 59.7 cm³/mol. The molecule has 0 aromatic heterocycles. The van der Waals surface area contributed by atoms with Gasteiger partial charge in [-0.05, 0) is 39.2 Å². The number of carbonyl (C=O) groups is 1. The van der Waals surface area contributed by atoms with Gasteiger partial charge in [0, 0.05) is 5.41 Å². The number of rotatable bonds is 2. The Morgan fingerprint density at radius 2 is 1.93 bits per heavy atom. The number of epoxide rings is 1. The standard InChI is InChI=1S/C13H20O2/c1-5-7-10(14)13-11(2,3)8-6-9-12(13,4)15-13/h5,7H,6,8-9H2,1-4H3/b7-5-. The number of carbonyl (C=O) groups excluding carboxylic acids is 1. The highest BCUT2D eigenvalue weighted by molar-refractivity contribution is 6.01. The largest absolute Gasteiger partial charge is 0.354 e. The fourth-order valence-electron chi connectivity index (χ4n) is 3.35. The van der Waals surface area contributed by atoms with Gasteiger partial charge in [0.25, 0.3) is 0 Å². The summed E-state index contributed by atoms with van der Waals surface area (Å²) >= 11 is 0. The Kier molecular flexibility index (Phi) is 2.13. The van der Waals surface area contributed by atoms with Crippen molar-refractivity contribution in [3.63, 3.8) is 0 Å². The van der Waals surface area contributed by atoms with Gasteiger partial charge in [-0.25, -0.2) is 0 Å². The lowest BCUT2D eigenvalue weighted by atomic mass is 9.62. The molecule has 2 heteroatoms. The maximum atomic E-state index is 12.2. The molecule has 0 aromatic rings. The summed E-state index contributed by atoms with van der Waals surface area (Å²) in [6.45, 7) is 8.26. The summed E-state index contributed by atoms with van der Waals surface area (Å²) < 4.78 is 5.88. The highest BCUT2D eigenvalue weighted by Gasteiger charge is 2.77. The van der Waals surface area contributed by atoms with Gasteiger partial charge in [0.2, 0.25) is 0 Å². The average Bonchev–Trinajstić information content (AvgIpc) is 2.75. The van der Waals surface area contributed by atoms with Crippen LogP contribution in [0.2, 0.25) is 0 Å². The second kappa shape index (κ2) is 2.94. The Morgan fingerprint density at radius 1 is 1.27 bits per heavy atom. The van der Waals surface area contributed by atoms with Gasteiger partial charge in [0.05, 0.1) is 0 Å². The molecule has 2 atom stereocenters. The van der Waals surface area contributed by atoms with Crippen molar-refractivity contribution in [3.8, 4) is 0 Å². The van der Waals surface area contributed by atoms with Crippen LogP contribution in [-0.2, 0) is 9.53 Å². The number of hydrogen-bond acceptors (Lipinski definition) is 2. The third-order valence-corrected chi connectivity index (χ3v) is 4.16. The Bertz CT molecular complexity index is 329. The zero-order chi connectivity index (χ0) is 11.3. The van der Waals surface area contributed by atoms with E-state index in [1.807, 2.05) is 13.0 Å². The number of hydrogen-bond donors (Lipinski definition) is 0. The molecule has 1 saturated heterocycles. The zero-order valence-corrected chi connectivity index (χ0v) is 10.1. The van der Waals surface area contributed by atoms with E-state index in [-0.39, 0.29) is 16.8 Å². The molecule has 2 aliphatic rings. The van der Waals surface area contributed by atoms with Crippen LogP contribution in [0.4, 0.5) is 0 Å². The Morgan fingerprint density at radius 3 is 2.47 bits per heavy atom. The predicted octanol–water partition coefficient (Wildman–Crippen LogP) is 2.87. The highest BCUT2D eigenvalue weighted by Crippen LogP contribution is 2.65. The Hall–Kier alpha value is -0.630. The van der Waals surface area contributed by atoms with E-state index >= 15 is 0 Å². The number of allylic oxidation sites excluding steroid dienone is 1. The molecule has 0 spiro atoms. The van der Waals surface area contributed by atoms with Gasteiger partial charge in [-0.3, -0.25) is 4.79 Å². The van der Waals surface area contributed by atoms with Crippen LogP contribution < -0.4 is 0 Å². The first-order chi connectivity index (χ1) is 6.90. The van der Waals surface area contributed by atoms with Crippen LogP contribution in [0.1, 0.15) is 47.0 Å². The normalized spacial score (nSPS) is 42.7. The van der Waals surface area contributed by atoms with Crippen molar-refractivity contribution in [3.05, 3.63) is 12.2 Å². The van der Waals surface area contributed by atoms with E-state index in [9.17, 15) is 4.79 Å². The third kappa shape index (κ3) is 1.17. The van der Waals surface area contributed by atoms with E-state index in [1.54, 1.807) is 6.08 Å². The van der Waals surface area contributed by atoms with Crippen molar-refractivity contribution < 1.29 is 9.53 Å². The van der Waals surface area contributed by atoms with Crippen LogP contribution in [0.5, 0.6) is 0 Å². The summed E-state index contributed by atoms with van der Waals surface area (Å²) in [6.07, 6.45) is 6.72. The number of fused-ring (bicyclic) bond motifs is 1. The molecule has 0 amide bonds. The van der Waals surface area contributed by atoms with E-state index in [4.69, 9.17) is 4.74 Å². The first kappa shape index (κ1) is 10.9. The molecule has 1 saturated carbocycles. The fraction of sp³-hybridized carbons (Fsp3) is 0.769. The Balaban J connectivity index is 2.37. The summed E-state index contributed by atoms with van der Waals surface area (Å²) in [5, 5.41) is 0. The van der Waals surface area contributed by atoms with Gasteiger partial charge in [-0.15, -0.1) is 0 Å². The molecule has 15 heavy (non-hydrogen) atoms. The average molecular weight is 208 g/mol. The van der Waals surface area contributed by atoms with E-state index in [1.165, 1.54) is 0 Å². The smallest absolute Gasteiger partial charge is 0.190 e. The second-order valence-corrected chi connectivity index (χ2v) is 5.62. The third-order valence-electron chi connectivity index (χ3n) is 4.16. The molecule has 84 valence electrons. The molecule has 0 N–H and O–H groups in total. The molecule has 2 rings (SSSR count). The summed E-state index contributed by atoms with van der Waals surface area (Å²) in [5.41, 5.74) is -0.771. The molecule has 1 heterocycles. The monoisotopic (exact) mass is 208 g/mol. The molecule has 0 bridgehead atoms. The van der Waals surface area contributed by atoms with Crippen molar-refractivity contribution in [2.75, 3.05) is 0 Å². The first-order valence-electron chi connectivity index (χ1n) is 5.77.